The third-order valence-electron chi connectivity index (χ3n) is 5.94. The standard InChI is InChI=1S/C27H26FNO4/c1-17-4-7-19(8-5-17)24-25(20-9-11-21(28)12-10-20)29(27(31)26(24)30)15-14-18-6-13-22(32-2)23(16-18)33-3/h4-13,16,25,30H,14-15H2,1-3H3. The monoisotopic (exact) mass is 447 g/mol. The molecule has 0 spiro atoms. The highest BCUT2D eigenvalue weighted by Gasteiger charge is 2.40. The molecule has 33 heavy (non-hydrogen) atoms. The van der Waals surface area contributed by atoms with Crippen LogP contribution in [0.3, 0.4) is 0 Å². The first-order valence-electron chi connectivity index (χ1n) is 10.7. The van der Waals surface area contributed by atoms with E-state index in [1.165, 1.54) is 12.1 Å². The number of rotatable bonds is 7. The van der Waals surface area contributed by atoms with Crippen molar-refractivity contribution >= 4 is 11.5 Å². The van der Waals surface area contributed by atoms with Crippen molar-refractivity contribution in [1.82, 2.24) is 4.90 Å². The summed E-state index contributed by atoms with van der Waals surface area (Å²) in [6.45, 7) is 2.33. The number of halogens is 1. The Labute approximate surface area is 192 Å². The zero-order valence-electron chi connectivity index (χ0n) is 18.8. The number of aliphatic hydroxyl groups excluding tert-OH is 1. The highest BCUT2D eigenvalue weighted by molar-refractivity contribution is 6.05. The highest BCUT2D eigenvalue weighted by Crippen LogP contribution is 2.43. The van der Waals surface area contributed by atoms with Gasteiger partial charge >= 0.3 is 0 Å². The topological polar surface area (TPSA) is 59.0 Å². The van der Waals surface area contributed by atoms with E-state index in [9.17, 15) is 14.3 Å². The first-order chi connectivity index (χ1) is 15.9. The summed E-state index contributed by atoms with van der Waals surface area (Å²) in [6, 6.07) is 18.8. The molecule has 1 aliphatic heterocycles. The SMILES string of the molecule is COc1ccc(CCN2C(=O)C(O)=C(c3ccc(C)cc3)C2c2ccc(F)cc2)cc1OC. The van der Waals surface area contributed by atoms with E-state index in [-0.39, 0.29) is 11.6 Å². The molecule has 3 aromatic carbocycles. The molecule has 170 valence electrons. The van der Waals surface area contributed by atoms with Crippen LogP contribution in [0.5, 0.6) is 11.5 Å². The number of hydrogen-bond donors (Lipinski definition) is 1. The molecule has 4 rings (SSSR count). The van der Waals surface area contributed by atoms with Gasteiger partial charge in [-0.15, -0.1) is 0 Å². The quantitative estimate of drug-likeness (QED) is 0.538. The number of amides is 1. The molecule has 0 aliphatic carbocycles. The first-order valence-corrected chi connectivity index (χ1v) is 10.7. The van der Waals surface area contributed by atoms with Gasteiger partial charge in [0.1, 0.15) is 5.82 Å². The van der Waals surface area contributed by atoms with Gasteiger partial charge in [0, 0.05) is 12.1 Å². The van der Waals surface area contributed by atoms with Gasteiger partial charge in [-0.25, -0.2) is 4.39 Å². The Balaban J connectivity index is 1.68. The van der Waals surface area contributed by atoms with E-state index in [1.54, 1.807) is 31.3 Å². The summed E-state index contributed by atoms with van der Waals surface area (Å²) in [5.74, 6) is 0.161. The van der Waals surface area contributed by atoms with Crippen molar-refractivity contribution < 1.29 is 23.8 Å². The molecule has 0 bridgehead atoms. The summed E-state index contributed by atoms with van der Waals surface area (Å²) in [7, 11) is 3.15. The van der Waals surface area contributed by atoms with E-state index >= 15 is 0 Å². The van der Waals surface area contributed by atoms with Crippen LogP contribution in [0.1, 0.15) is 28.3 Å². The van der Waals surface area contributed by atoms with Crippen molar-refractivity contribution in [1.29, 1.82) is 0 Å². The third-order valence-corrected chi connectivity index (χ3v) is 5.94. The fourth-order valence-electron chi connectivity index (χ4n) is 4.19. The minimum atomic E-state index is -0.527. The lowest BCUT2D eigenvalue weighted by molar-refractivity contribution is -0.129. The van der Waals surface area contributed by atoms with Gasteiger partial charge in [-0.2, -0.15) is 0 Å². The highest BCUT2D eigenvalue weighted by atomic mass is 19.1. The summed E-state index contributed by atoms with van der Waals surface area (Å²) in [5, 5.41) is 10.9. The second-order valence-corrected chi connectivity index (χ2v) is 8.02. The van der Waals surface area contributed by atoms with Gasteiger partial charge in [-0.05, 0) is 54.3 Å². The maximum Gasteiger partial charge on any atom is 0.289 e. The Morgan fingerprint density at radius 2 is 1.61 bits per heavy atom. The van der Waals surface area contributed by atoms with E-state index in [1.807, 2.05) is 49.4 Å². The minimum absolute atomic E-state index is 0.277. The van der Waals surface area contributed by atoms with Crippen LogP contribution in [0.15, 0.2) is 72.5 Å². The normalized spacial score (nSPS) is 15.8. The Bertz CT molecular complexity index is 1190. The van der Waals surface area contributed by atoms with Crippen LogP contribution >= 0.6 is 0 Å². The van der Waals surface area contributed by atoms with Crippen molar-refractivity contribution in [3.63, 3.8) is 0 Å². The zero-order chi connectivity index (χ0) is 23.5. The molecule has 0 saturated heterocycles. The molecule has 1 N–H and O–H groups in total. The number of aliphatic hydroxyl groups is 1. The van der Waals surface area contributed by atoms with E-state index in [4.69, 9.17) is 9.47 Å². The Hall–Kier alpha value is -3.80. The van der Waals surface area contributed by atoms with E-state index in [0.29, 0.717) is 30.0 Å². The van der Waals surface area contributed by atoms with Crippen molar-refractivity contribution in [2.45, 2.75) is 19.4 Å². The fraction of sp³-hybridized carbons (Fsp3) is 0.222. The average molecular weight is 448 g/mol. The van der Waals surface area contributed by atoms with Gasteiger partial charge in [-0.3, -0.25) is 4.79 Å². The smallest absolute Gasteiger partial charge is 0.289 e. The molecule has 1 aliphatic rings. The predicted molar refractivity (Wildman–Crippen MR) is 125 cm³/mol. The fourth-order valence-corrected chi connectivity index (χ4v) is 4.19. The largest absolute Gasteiger partial charge is 0.503 e. The van der Waals surface area contributed by atoms with Gasteiger partial charge in [0.25, 0.3) is 5.91 Å². The summed E-state index contributed by atoms with van der Waals surface area (Å²) in [5.41, 5.74) is 4.05. The predicted octanol–water partition coefficient (Wildman–Crippen LogP) is 5.25. The maximum absolute atomic E-state index is 13.6. The van der Waals surface area contributed by atoms with Crippen molar-refractivity contribution in [2.24, 2.45) is 0 Å². The third kappa shape index (κ3) is 4.42. The van der Waals surface area contributed by atoms with Crippen LogP contribution in [0.2, 0.25) is 0 Å². The number of aryl methyl sites for hydroxylation is 1. The van der Waals surface area contributed by atoms with Crippen LogP contribution in [-0.4, -0.2) is 36.7 Å². The molecule has 1 heterocycles. The van der Waals surface area contributed by atoms with Crippen LogP contribution in [-0.2, 0) is 11.2 Å². The van der Waals surface area contributed by atoms with E-state index < -0.39 is 11.9 Å². The second-order valence-electron chi connectivity index (χ2n) is 8.02. The van der Waals surface area contributed by atoms with Gasteiger partial charge in [0.05, 0.1) is 20.3 Å². The number of carbonyl (C=O) groups excluding carboxylic acids is 1. The van der Waals surface area contributed by atoms with Crippen LogP contribution in [0.4, 0.5) is 4.39 Å². The second kappa shape index (κ2) is 9.36. The van der Waals surface area contributed by atoms with E-state index in [2.05, 4.69) is 0 Å². The number of ether oxygens (including phenoxy) is 2. The van der Waals surface area contributed by atoms with Gasteiger partial charge in [0.15, 0.2) is 17.3 Å². The maximum atomic E-state index is 13.6. The lowest BCUT2D eigenvalue weighted by Gasteiger charge is -2.27. The number of nitrogens with zero attached hydrogens (tertiary/aromatic N) is 1. The Morgan fingerprint density at radius 3 is 2.24 bits per heavy atom. The van der Waals surface area contributed by atoms with E-state index in [0.717, 1.165) is 22.3 Å². The van der Waals surface area contributed by atoms with Crippen molar-refractivity contribution in [2.75, 3.05) is 20.8 Å². The molecule has 5 nitrogen and oxygen atoms in total. The Morgan fingerprint density at radius 1 is 0.939 bits per heavy atom. The number of hydrogen-bond acceptors (Lipinski definition) is 4. The van der Waals surface area contributed by atoms with Gasteiger partial charge in [0.2, 0.25) is 0 Å². The molecule has 0 saturated carbocycles. The number of benzene rings is 3. The number of methoxy groups -OCH3 is 2. The molecule has 1 atom stereocenters. The summed E-state index contributed by atoms with van der Waals surface area (Å²) in [4.78, 5) is 14.8. The lowest BCUT2D eigenvalue weighted by atomic mass is 9.93. The zero-order valence-corrected chi connectivity index (χ0v) is 18.8. The van der Waals surface area contributed by atoms with Crippen LogP contribution < -0.4 is 9.47 Å². The molecule has 1 unspecified atom stereocenters. The van der Waals surface area contributed by atoms with Gasteiger partial charge in [-0.1, -0.05) is 48.0 Å². The summed E-state index contributed by atoms with van der Waals surface area (Å²) < 4.78 is 24.3. The molecule has 0 fully saturated rings. The summed E-state index contributed by atoms with van der Waals surface area (Å²) >= 11 is 0. The molecule has 0 radical (unpaired) electrons. The van der Waals surface area contributed by atoms with Gasteiger partial charge < -0.3 is 19.5 Å². The van der Waals surface area contributed by atoms with Crippen LogP contribution in [0, 0.1) is 12.7 Å². The van der Waals surface area contributed by atoms with Crippen molar-refractivity contribution in [3.05, 3.63) is 101 Å². The Kier molecular flexibility index (Phi) is 6.36. The van der Waals surface area contributed by atoms with Crippen molar-refractivity contribution in [3.8, 4) is 11.5 Å². The minimum Gasteiger partial charge on any atom is -0.503 e. The molecule has 6 heteroatoms. The average Bonchev–Trinajstić information content (AvgIpc) is 3.08. The molecular formula is C27H26FNO4. The number of carbonyl (C=O) groups is 1. The molecule has 3 aromatic rings. The molecule has 0 aromatic heterocycles. The molecule has 1 amide bonds. The lowest BCUT2D eigenvalue weighted by Crippen LogP contribution is -2.32. The summed E-state index contributed by atoms with van der Waals surface area (Å²) in [6.07, 6.45) is 0.540. The van der Waals surface area contributed by atoms with Crippen LogP contribution in [0.25, 0.3) is 5.57 Å². The molecular weight excluding hydrogens is 421 g/mol. The first kappa shape index (κ1) is 22.4.